The van der Waals surface area contributed by atoms with Crippen molar-refractivity contribution in [2.24, 2.45) is 0 Å². The summed E-state index contributed by atoms with van der Waals surface area (Å²) >= 11 is 0. The van der Waals surface area contributed by atoms with Crippen LogP contribution in [0.2, 0.25) is 0 Å². The molecule has 0 aromatic heterocycles. The maximum Gasteiger partial charge on any atom is 0.304 e. The average Bonchev–Trinajstić information content (AvgIpc) is 2.05. The van der Waals surface area contributed by atoms with Gasteiger partial charge in [0.05, 0.1) is 12.2 Å². The largest absolute Gasteiger partial charge is 0.637 e. The fourth-order valence-corrected chi connectivity index (χ4v) is 0.167. The number of aliphatic hydroxyl groups is 1. The molecule has 0 fully saturated rings. The van der Waals surface area contributed by atoms with E-state index in [1.165, 1.54) is 0 Å². The summed E-state index contributed by atoms with van der Waals surface area (Å²) < 4.78 is 3.95. The van der Waals surface area contributed by atoms with Gasteiger partial charge in [-0.05, 0) is 0 Å². The number of carbonyl (C=O) groups is 1. The Kier molecular flexibility index (Phi) is 20.4. The molecule has 0 heterocycles. The molecule has 63 valence electrons. The molecule has 0 rings (SSSR count). The number of ether oxygens (including phenoxy) is 1. The summed E-state index contributed by atoms with van der Waals surface area (Å²) in [6.45, 7) is 7.80. The van der Waals surface area contributed by atoms with Crippen LogP contribution in [0.1, 0.15) is 6.92 Å². The summed E-state index contributed by atoms with van der Waals surface area (Å²) in [4.78, 5) is 10.2. The normalized spacial score (nSPS) is 6.55. The quantitative estimate of drug-likeness (QED) is 0.434. The van der Waals surface area contributed by atoms with E-state index in [1.807, 2.05) is 0 Å². The van der Waals surface area contributed by atoms with Gasteiger partial charge in [0.15, 0.2) is 0 Å². The second-order valence-electron chi connectivity index (χ2n) is 1.19. The Labute approximate surface area is 92.7 Å². The first-order valence-electron chi connectivity index (χ1n) is 2.68. The van der Waals surface area contributed by atoms with Crippen molar-refractivity contribution >= 4 is 5.97 Å². The first-order valence-corrected chi connectivity index (χ1v) is 2.68. The molecule has 0 saturated carbocycles. The van der Waals surface area contributed by atoms with E-state index in [4.69, 9.17) is 5.11 Å². The third-order valence-corrected chi connectivity index (χ3v) is 0.611. The summed E-state index contributed by atoms with van der Waals surface area (Å²) in [5, 5.41) is 8.21. The molecule has 0 atom stereocenters. The number of aliphatic hydroxyl groups excluding tert-OH is 1. The zero-order valence-corrected chi connectivity index (χ0v) is 9.51. The first-order chi connectivity index (χ1) is 4.72. The predicted molar refractivity (Wildman–Crippen MR) is 38.7 cm³/mol. The number of hydrogen-bond acceptors (Lipinski definition) is 3. The molecule has 1 N–H and O–H groups in total. The molecule has 0 bridgehead atoms. The van der Waals surface area contributed by atoms with Crippen molar-refractivity contribution in [2.45, 2.75) is 6.92 Å². The van der Waals surface area contributed by atoms with Crippen molar-refractivity contribution in [3.8, 4) is 0 Å². The van der Waals surface area contributed by atoms with Crippen molar-refractivity contribution in [1.82, 2.24) is 0 Å². The number of hydrogen-bond donors (Lipinski definition) is 1. The van der Waals surface area contributed by atoms with E-state index < -0.39 is 5.97 Å². The second kappa shape index (κ2) is 12.9. The summed E-state index contributed by atoms with van der Waals surface area (Å²) in [6.07, 6.45) is 0. The van der Waals surface area contributed by atoms with Crippen LogP contribution in [0.5, 0.6) is 0 Å². The Balaban J connectivity index is -0.000000196. The Morgan fingerprint density at radius 1 is 1.64 bits per heavy atom. The Hall–Kier alpha value is 0.274. The second-order valence-corrected chi connectivity index (χ2v) is 1.19. The molecule has 0 aromatic rings. The van der Waals surface area contributed by atoms with Gasteiger partial charge in [0, 0.05) is 32.7 Å². The molecule has 11 heavy (non-hydrogen) atoms. The standard InChI is InChI=1S/C5H7O3.C2H5.Y/c1-4(3-6)5(7)8-2;1-2;/h6H,1-3H2;1H2,2H3;/q2*-1;. The molecule has 0 aromatic carbocycles. The van der Waals surface area contributed by atoms with Crippen LogP contribution in [0, 0.1) is 14.0 Å². The minimum absolute atomic E-state index is 0. The predicted octanol–water partition coefficient (Wildman–Crippen LogP) is 0.708. The Bertz CT molecular complexity index is 98.3. The van der Waals surface area contributed by atoms with Crippen LogP contribution in [0.4, 0.5) is 0 Å². The first kappa shape index (κ1) is 17.4. The van der Waals surface area contributed by atoms with E-state index in [0.29, 0.717) is 0 Å². The molecule has 3 nitrogen and oxygen atoms in total. The van der Waals surface area contributed by atoms with Gasteiger partial charge < -0.3 is 16.8 Å². The minimum Gasteiger partial charge on any atom is -0.637 e. The molecule has 4 heteroatoms. The van der Waals surface area contributed by atoms with Crippen LogP contribution in [0.25, 0.3) is 0 Å². The minimum atomic E-state index is -0.674. The fraction of sp³-hybridized carbons (Fsp3) is 0.286. The summed E-state index contributed by atoms with van der Waals surface area (Å²) in [5.41, 5.74) is 0.0139. The van der Waals surface area contributed by atoms with E-state index in [1.54, 1.807) is 6.92 Å². The molecule has 0 saturated heterocycles. The van der Waals surface area contributed by atoms with Crippen LogP contribution >= 0.6 is 0 Å². The molecular weight excluding hydrogens is 221 g/mol. The van der Waals surface area contributed by atoms with Crippen molar-refractivity contribution < 1.29 is 47.3 Å². The molecule has 0 aliphatic carbocycles. The van der Waals surface area contributed by atoms with Crippen LogP contribution in [-0.2, 0) is 42.2 Å². The van der Waals surface area contributed by atoms with Gasteiger partial charge in [0.2, 0.25) is 0 Å². The topological polar surface area (TPSA) is 46.5 Å². The number of rotatable bonds is 2. The van der Waals surface area contributed by atoms with Crippen molar-refractivity contribution in [3.63, 3.8) is 0 Å². The van der Waals surface area contributed by atoms with E-state index >= 15 is 0 Å². The molecular formula is C7H12O3Y-2. The summed E-state index contributed by atoms with van der Waals surface area (Å²) in [7, 11) is 2.83. The van der Waals surface area contributed by atoms with Crippen molar-refractivity contribution in [1.29, 1.82) is 0 Å². The summed E-state index contributed by atoms with van der Waals surface area (Å²) in [6, 6.07) is 0. The molecule has 0 unspecified atom stereocenters. The van der Waals surface area contributed by atoms with Crippen molar-refractivity contribution in [2.75, 3.05) is 6.61 Å². The maximum atomic E-state index is 10.2. The zero-order chi connectivity index (χ0) is 8.57. The van der Waals surface area contributed by atoms with Gasteiger partial charge in [0.1, 0.15) is 0 Å². The third-order valence-electron chi connectivity index (χ3n) is 0.611. The zero-order valence-electron chi connectivity index (χ0n) is 6.67. The van der Waals surface area contributed by atoms with Crippen LogP contribution < -0.4 is 0 Å². The van der Waals surface area contributed by atoms with Gasteiger partial charge in [-0.1, -0.05) is 6.58 Å². The van der Waals surface area contributed by atoms with Gasteiger partial charge in [-0.2, -0.15) is 14.0 Å². The van der Waals surface area contributed by atoms with Gasteiger partial charge in [-0.25, -0.2) is 4.79 Å². The maximum absolute atomic E-state index is 10.2. The van der Waals surface area contributed by atoms with E-state index in [9.17, 15) is 4.79 Å². The molecule has 0 amide bonds. The monoisotopic (exact) mass is 233 g/mol. The van der Waals surface area contributed by atoms with Gasteiger partial charge in [-0.3, -0.25) is 0 Å². The molecule has 0 spiro atoms. The fourth-order valence-electron chi connectivity index (χ4n) is 0.167. The molecule has 1 radical (unpaired) electrons. The molecule has 0 aliphatic rings. The Morgan fingerprint density at radius 3 is 2.09 bits per heavy atom. The van der Waals surface area contributed by atoms with E-state index in [0.717, 1.165) is 0 Å². The van der Waals surface area contributed by atoms with Crippen LogP contribution in [-0.4, -0.2) is 17.7 Å². The smallest absolute Gasteiger partial charge is 0.304 e. The van der Waals surface area contributed by atoms with E-state index in [-0.39, 0.29) is 44.9 Å². The van der Waals surface area contributed by atoms with E-state index in [2.05, 4.69) is 25.3 Å². The SMILES string of the molecule is C=C(CO)C(=O)O[CH2-].[CH2-]C.[Y]. The summed E-state index contributed by atoms with van der Waals surface area (Å²) in [5.74, 6) is -0.674. The van der Waals surface area contributed by atoms with Gasteiger partial charge in [0.25, 0.3) is 0 Å². The van der Waals surface area contributed by atoms with Crippen molar-refractivity contribution in [3.05, 3.63) is 26.2 Å². The Morgan fingerprint density at radius 2 is 2.00 bits per heavy atom. The van der Waals surface area contributed by atoms with Gasteiger partial charge in [-0.15, -0.1) is 0 Å². The van der Waals surface area contributed by atoms with Gasteiger partial charge >= 0.3 is 5.97 Å². The van der Waals surface area contributed by atoms with Crippen LogP contribution in [0.3, 0.4) is 0 Å². The molecule has 0 aliphatic heterocycles. The third kappa shape index (κ3) is 10.3. The number of esters is 1. The average molecular weight is 233 g/mol. The van der Waals surface area contributed by atoms with Crippen LogP contribution in [0.15, 0.2) is 12.2 Å². The number of carbonyl (C=O) groups excluding carboxylic acids is 1.